The van der Waals surface area contributed by atoms with Gasteiger partial charge in [0.15, 0.2) is 0 Å². The molecule has 3 aromatic rings. The molecule has 0 unspecified atom stereocenters. The van der Waals surface area contributed by atoms with Crippen LogP contribution in [-0.2, 0) is 22.7 Å². The van der Waals surface area contributed by atoms with Gasteiger partial charge < -0.3 is 14.8 Å². The van der Waals surface area contributed by atoms with Crippen molar-refractivity contribution in [2.75, 3.05) is 7.11 Å². The Bertz CT molecular complexity index is 1280. The van der Waals surface area contributed by atoms with Crippen LogP contribution < -0.4 is 10.1 Å². The van der Waals surface area contributed by atoms with Crippen LogP contribution in [0.1, 0.15) is 55.8 Å². The fraction of sp³-hybridized carbons (Fsp3) is 0.357. The highest BCUT2D eigenvalue weighted by molar-refractivity contribution is 5.96. The van der Waals surface area contributed by atoms with E-state index in [1.165, 1.54) is 0 Å². The lowest BCUT2D eigenvalue weighted by molar-refractivity contribution is -0.124. The fourth-order valence-electron chi connectivity index (χ4n) is 3.76. The van der Waals surface area contributed by atoms with Crippen LogP contribution in [0.5, 0.6) is 5.75 Å². The highest BCUT2D eigenvalue weighted by Gasteiger charge is 2.16. The minimum Gasteiger partial charge on any atom is -0.499 e. The number of amides is 1. The molecule has 0 aliphatic rings. The van der Waals surface area contributed by atoms with Gasteiger partial charge in [0, 0.05) is 40.5 Å². The quantitative estimate of drug-likeness (QED) is 0.326. The molecule has 0 fully saturated rings. The number of ether oxygens (including phenoxy) is 2. The number of pyridine rings is 2. The second-order valence-electron chi connectivity index (χ2n) is 8.67. The van der Waals surface area contributed by atoms with Crippen LogP contribution in [0.3, 0.4) is 0 Å². The van der Waals surface area contributed by atoms with Crippen molar-refractivity contribution < 1.29 is 14.3 Å². The number of nitrogens with one attached hydrogen (secondary N) is 1. The van der Waals surface area contributed by atoms with Gasteiger partial charge in [-0.1, -0.05) is 26.0 Å². The van der Waals surface area contributed by atoms with Gasteiger partial charge >= 0.3 is 0 Å². The van der Waals surface area contributed by atoms with Gasteiger partial charge in [-0.25, -0.2) is 4.98 Å². The van der Waals surface area contributed by atoms with Crippen molar-refractivity contribution in [3.63, 3.8) is 0 Å². The molecule has 0 spiro atoms. The zero-order valence-electron chi connectivity index (χ0n) is 21.6. The van der Waals surface area contributed by atoms with Gasteiger partial charge in [0.2, 0.25) is 5.91 Å². The number of aromatic nitrogens is 2. The summed E-state index contributed by atoms with van der Waals surface area (Å²) in [7, 11) is 1.64. The van der Waals surface area contributed by atoms with E-state index in [9.17, 15) is 4.79 Å². The summed E-state index contributed by atoms with van der Waals surface area (Å²) in [4.78, 5) is 25.9. The molecule has 7 nitrogen and oxygen atoms in total. The van der Waals surface area contributed by atoms with E-state index in [0.29, 0.717) is 18.9 Å². The minimum absolute atomic E-state index is 0.00798. The van der Waals surface area contributed by atoms with Gasteiger partial charge in [0.1, 0.15) is 29.3 Å². The topological polar surface area (TPSA) is 85.7 Å². The summed E-state index contributed by atoms with van der Waals surface area (Å²) in [5.74, 6) is 1.30. The number of para-hydroxylation sites is 1. The molecule has 2 heterocycles. The molecule has 1 aromatic carbocycles. The third-order valence-corrected chi connectivity index (χ3v) is 5.79. The highest BCUT2D eigenvalue weighted by atomic mass is 16.5. The maximum atomic E-state index is 12.1. The molecule has 0 saturated heterocycles. The molecule has 0 bridgehead atoms. The molecule has 2 aromatic heterocycles. The van der Waals surface area contributed by atoms with Gasteiger partial charge in [-0.15, -0.1) is 0 Å². The number of hydrogen-bond acceptors (Lipinski definition) is 6. The molecule has 0 radical (unpaired) electrons. The summed E-state index contributed by atoms with van der Waals surface area (Å²) < 4.78 is 11.8. The van der Waals surface area contributed by atoms with Crippen LogP contribution in [0.2, 0.25) is 0 Å². The molecule has 35 heavy (non-hydrogen) atoms. The first-order valence-electron chi connectivity index (χ1n) is 11.7. The van der Waals surface area contributed by atoms with Crippen molar-refractivity contribution in [1.29, 1.82) is 0 Å². The molecular weight excluding hydrogens is 440 g/mol. The number of fused-ring (bicyclic) bond motifs is 1. The Balaban J connectivity index is 1.99. The zero-order chi connectivity index (χ0) is 25.5. The normalized spacial score (nSPS) is 12.2. The molecule has 0 saturated carbocycles. The number of methoxy groups -OCH3 is 1. The van der Waals surface area contributed by atoms with Gasteiger partial charge in [-0.2, -0.15) is 0 Å². The summed E-state index contributed by atoms with van der Waals surface area (Å²) >= 11 is 0. The van der Waals surface area contributed by atoms with Crippen LogP contribution in [0.25, 0.3) is 16.6 Å². The molecule has 1 amide bonds. The molecule has 0 aliphatic heterocycles. The van der Waals surface area contributed by atoms with E-state index in [2.05, 4.69) is 15.3 Å². The SMILES string of the molecule is CC=N/C(=C(\C)OC)c1cc(C)nc2c(OCc3c(C)ccnc3CNC(=O)C(C)C)cccc12. The predicted molar refractivity (Wildman–Crippen MR) is 140 cm³/mol. The molecule has 7 heteroatoms. The van der Waals surface area contributed by atoms with Crippen LogP contribution in [0.15, 0.2) is 47.3 Å². The maximum Gasteiger partial charge on any atom is 0.222 e. The second-order valence-corrected chi connectivity index (χ2v) is 8.67. The van der Waals surface area contributed by atoms with E-state index in [1.54, 1.807) is 19.5 Å². The monoisotopic (exact) mass is 474 g/mol. The fourth-order valence-corrected chi connectivity index (χ4v) is 3.76. The summed E-state index contributed by atoms with van der Waals surface area (Å²) in [6.07, 6.45) is 3.51. The molecule has 1 N–H and O–H groups in total. The van der Waals surface area contributed by atoms with Gasteiger partial charge in [-0.3, -0.25) is 14.8 Å². The van der Waals surface area contributed by atoms with Crippen LogP contribution in [0, 0.1) is 19.8 Å². The number of carbonyl (C=O) groups is 1. The van der Waals surface area contributed by atoms with E-state index < -0.39 is 0 Å². The van der Waals surface area contributed by atoms with Gasteiger partial charge in [0.05, 0.1) is 19.3 Å². The Labute approximate surface area is 207 Å². The van der Waals surface area contributed by atoms with Crippen molar-refractivity contribution in [1.82, 2.24) is 15.3 Å². The smallest absolute Gasteiger partial charge is 0.222 e. The first-order chi connectivity index (χ1) is 16.8. The Hall–Kier alpha value is -3.74. The van der Waals surface area contributed by atoms with Crippen LogP contribution >= 0.6 is 0 Å². The van der Waals surface area contributed by atoms with E-state index >= 15 is 0 Å². The Morgan fingerprint density at radius 1 is 1.23 bits per heavy atom. The lowest BCUT2D eigenvalue weighted by Gasteiger charge is -2.16. The molecule has 184 valence electrons. The lowest BCUT2D eigenvalue weighted by atomic mass is 10.0. The van der Waals surface area contributed by atoms with Crippen molar-refractivity contribution >= 4 is 28.7 Å². The van der Waals surface area contributed by atoms with Crippen molar-refractivity contribution in [3.8, 4) is 5.75 Å². The standard InChI is InChI=1S/C28H34N4O3/c1-8-29-26(20(6)34-7)22-14-19(5)32-27-21(22)10-9-11-25(27)35-16-23-18(4)12-13-30-24(23)15-31-28(33)17(2)3/h8-14,17H,15-16H2,1-7H3,(H,31,33)/b26-20+,29-8?. The predicted octanol–water partition coefficient (Wildman–Crippen LogP) is 5.52. The highest BCUT2D eigenvalue weighted by Crippen LogP contribution is 2.33. The molecular formula is C28H34N4O3. The molecule has 0 atom stereocenters. The van der Waals surface area contributed by atoms with E-state index in [1.807, 2.05) is 71.9 Å². The number of benzene rings is 1. The van der Waals surface area contributed by atoms with E-state index in [-0.39, 0.29) is 11.8 Å². The summed E-state index contributed by atoms with van der Waals surface area (Å²) in [5.41, 5.74) is 6.10. The average molecular weight is 475 g/mol. The Morgan fingerprint density at radius 3 is 2.69 bits per heavy atom. The number of nitrogens with zero attached hydrogens (tertiary/aromatic N) is 3. The largest absolute Gasteiger partial charge is 0.499 e. The van der Waals surface area contributed by atoms with E-state index in [0.717, 1.165) is 50.4 Å². The minimum atomic E-state index is -0.0866. The second kappa shape index (κ2) is 11.6. The van der Waals surface area contributed by atoms with Crippen molar-refractivity contribution in [3.05, 3.63) is 70.4 Å². The van der Waals surface area contributed by atoms with Crippen molar-refractivity contribution in [2.45, 2.75) is 54.7 Å². The van der Waals surface area contributed by atoms with Gasteiger partial charge in [0.25, 0.3) is 0 Å². The number of rotatable bonds is 9. The van der Waals surface area contributed by atoms with Crippen molar-refractivity contribution in [2.24, 2.45) is 10.9 Å². The number of allylic oxidation sites excluding steroid dienone is 1. The Morgan fingerprint density at radius 2 is 2.00 bits per heavy atom. The average Bonchev–Trinajstić information content (AvgIpc) is 2.84. The number of aryl methyl sites for hydroxylation is 2. The summed E-state index contributed by atoms with van der Waals surface area (Å²) in [6, 6.07) is 9.84. The third-order valence-electron chi connectivity index (χ3n) is 5.79. The summed E-state index contributed by atoms with van der Waals surface area (Å²) in [6.45, 7) is 12.2. The molecule has 3 rings (SSSR count). The zero-order valence-corrected chi connectivity index (χ0v) is 21.6. The number of carbonyl (C=O) groups excluding carboxylic acids is 1. The van der Waals surface area contributed by atoms with E-state index in [4.69, 9.17) is 14.5 Å². The number of hydrogen-bond donors (Lipinski definition) is 1. The lowest BCUT2D eigenvalue weighted by Crippen LogP contribution is -2.28. The Kier molecular flexibility index (Phi) is 8.58. The summed E-state index contributed by atoms with van der Waals surface area (Å²) in [5, 5.41) is 3.88. The van der Waals surface area contributed by atoms with Gasteiger partial charge in [-0.05, 0) is 51.5 Å². The van der Waals surface area contributed by atoms with Crippen LogP contribution in [0.4, 0.5) is 0 Å². The maximum absolute atomic E-state index is 12.1. The molecule has 0 aliphatic carbocycles. The first-order valence-corrected chi connectivity index (χ1v) is 11.7. The number of aliphatic imine (C=N–C) groups is 1. The third kappa shape index (κ3) is 6.04. The first kappa shape index (κ1) is 25.9. The van der Waals surface area contributed by atoms with Crippen LogP contribution in [-0.4, -0.2) is 29.2 Å².